The second kappa shape index (κ2) is 5.49. The van der Waals surface area contributed by atoms with Crippen LogP contribution in [0.3, 0.4) is 0 Å². The minimum absolute atomic E-state index is 0.350. The van der Waals surface area contributed by atoms with Crippen molar-refractivity contribution in [3.05, 3.63) is 23.5 Å². The molecule has 0 amide bonds. The van der Waals surface area contributed by atoms with Gasteiger partial charge in [-0.25, -0.2) is 0 Å². The summed E-state index contributed by atoms with van der Waals surface area (Å²) in [4.78, 5) is 14.5. The number of carbonyl (C=O) groups excluding carboxylic acids is 1. The van der Waals surface area contributed by atoms with Crippen molar-refractivity contribution in [1.29, 1.82) is 0 Å². The van der Waals surface area contributed by atoms with Gasteiger partial charge in [-0.2, -0.15) is 0 Å². The molecule has 0 unspecified atom stereocenters. The highest BCUT2D eigenvalue weighted by Gasteiger charge is 2.26. The highest BCUT2D eigenvalue weighted by molar-refractivity contribution is 5.98. The molecule has 0 aromatic carbocycles. The third-order valence-corrected chi connectivity index (χ3v) is 4.63. The summed E-state index contributed by atoms with van der Waals surface area (Å²) in [6, 6.07) is 2.66. The number of nitrogens with zero attached hydrogens (tertiary/aromatic N) is 2. The van der Waals surface area contributed by atoms with E-state index in [-0.39, 0.29) is 0 Å². The lowest BCUT2D eigenvalue weighted by molar-refractivity contribution is 0.0971. The molecule has 0 spiro atoms. The Morgan fingerprint density at radius 2 is 2.05 bits per heavy atom. The molecule has 0 bridgehead atoms. The number of Topliss-reactive ketones (excluding diaryl/α,β-unsaturated/α-hetero) is 1. The summed E-state index contributed by atoms with van der Waals surface area (Å²) in [6.07, 6.45) is 8.73. The first-order valence-corrected chi connectivity index (χ1v) is 7.75. The van der Waals surface area contributed by atoms with Gasteiger partial charge >= 0.3 is 0 Å². The summed E-state index contributed by atoms with van der Waals surface area (Å²) in [7, 11) is 0. The van der Waals surface area contributed by atoms with E-state index in [0.29, 0.717) is 11.8 Å². The minimum atomic E-state index is 0.350. The van der Waals surface area contributed by atoms with Crippen molar-refractivity contribution in [3.8, 4) is 0 Å². The van der Waals surface area contributed by atoms with Gasteiger partial charge in [-0.3, -0.25) is 4.79 Å². The molecule has 3 rings (SSSR count). The van der Waals surface area contributed by atoms with Crippen LogP contribution in [-0.4, -0.2) is 34.9 Å². The fourth-order valence-corrected chi connectivity index (χ4v) is 3.63. The van der Waals surface area contributed by atoms with Gasteiger partial charge in [0.2, 0.25) is 0 Å². The number of fused-ring (bicyclic) bond motifs is 1. The van der Waals surface area contributed by atoms with Gasteiger partial charge < -0.3 is 9.47 Å². The van der Waals surface area contributed by atoms with Crippen LogP contribution >= 0.6 is 0 Å². The first-order chi connectivity index (χ1) is 9.29. The molecular weight excluding hydrogens is 236 g/mol. The van der Waals surface area contributed by atoms with Crippen LogP contribution in [0.2, 0.25) is 0 Å². The summed E-state index contributed by atoms with van der Waals surface area (Å²) in [5.41, 5.74) is 2.31. The highest BCUT2D eigenvalue weighted by atomic mass is 16.1. The van der Waals surface area contributed by atoms with Crippen LogP contribution < -0.4 is 0 Å². The Bertz CT molecular complexity index is 455. The molecule has 1 aliphatic heterocycles. The molecule has 1 aromatic rings. The van der Waals surface area contributed by atoms with E-state index in [9.17, 15) is 4.79 Å². The number of ketones is 1. The van der Waals surface area contributed by atoms with Crippen molar-refractivity contribution in [2.45, 2.75) is 51.5 Å². The molecule has 2 heterocycles. The van der Waals surface area contributed by atoms with Gasteiger partial charge in [0, 0.05) is 43.0 Å². The zero-order valence-corrected chi connectivity index (χ0v) is 11.9. The SMILES string of the molecule is CCCN1CCC(n2ccc3c2CCCC3=O)CC1. The summed E-state index contributed by atoms with van der Waals surface area (Å²) in [5.74, 6) is 0.350. The number of rotatable bonds is 3. The molecule has 104 valence electrons. The van der Waals surface area contributed by atoms with E-state index >= 15 is 0 Å². The fraction of sp³-hybridized carbons (Fsp3) is 0.688. The van der Waals surface area contributed by atoms with Crippen LogP contribution in [0.5, 0.6) is 0 Å². The predicted molar refractivity (Wildman–Crippen MR) is 76.7 cm³/mol. The average molecular weight is 260 g/mol. The Balaban J connectivity index is 1.72. The number of likely N-dealkylation sites (tertiary alicyclic amines) is 1. The van der Waals surface area contributed by atoms with Crippen molar-refractivity contribution in [1.82, 2.24) is 9.47 Å². The molecule has 1 aliphatic carbocycles. The van der Waals surface area contributed by atoms with Gasteiger partial charge in [0.25, 0.3) is 0 Å². The number of hydrogen-bond acceptors (Lipinski definition) is 2. The standard InChI is InChI=1S/C16H24N2O/c1-2-9-17-10-6-13(7-11-17)18-12-8-14-15(18)4-3-5-16(14)19/h8,12-13H,2-7,9-11H2,1H3. The number of carbonyl (C=O) groups is 1. The maximum Gasteiger partial charge on any atom is 0.164 e. The van der Waals surface area contributed by atoms with Crippen LogP contribution in [0.25, 0.3) is 0 Å². The van der Waals surface area contributed by atoms with Gasteiger partial charge in [0.05, 0.1) is 0 Å². The Hall–Kier alpha value is -1.09. The molecular formula is C16H24N2O. The van der Waals surface area contributed by atoms with E-state index in [1.54, 1.807) is 0 Å². The van der Waals surface area contributed by atoms with E-state index in [1.807, 2.05) is 0 Å². The smallest absolute Gasteiger partial charge is 0.164 e. The number of piperidine rings is 1. The van der Waals surface area contributed by atoms with Gasteiger partial charge in [-0.1, -0.05) is 6.92 Å². The molecule has 1 fully saturated rings. The molecule has 0 radical (unpaired) electrons. The largest absolute Gasteiger partial charge is 0.348 e. The Kier molecular flexibility index (Phi) is 3.74. The van der Waals surface area contributed by atoms with E-state index in [4.69, 9.17) is 0 Å². The van der Waals surface area contributed by atoms with E-state index in [1.165, 1.54) is 44.6 Å². The molecule has 3 nitrogen and oxygen atoms in total. The van der Waals surface area contributed by atoms with Crippen molar-refractivity contribution >= 4 is 5.78 Å². The quantitative estimate of drug-likeness (QED) is 0.834. The van der Waals surface area contributed by atoms with Gasteiger partial charge in [-0.15, -0.1) is 0 Å². The first kappa shape index (κ1) is 12.9. The molecule has 0 N–H and O–H groups in total. The second-order valence-corrected chi connectivity index (χ2v) is 5.93. The molecule has 1 saturated heterocycles. The lowest BCUT2D eigenvalue weighted by Crippen LogP contribution is -2.35. The van der Waals surface area contributed by atoms with Crippen LogP contribution in [0.4, 0.5) is 0 Å². The third kappa shape index (κ3) is 2.48. The first-order valence-electron chi connectivity index (χ1n) is 7.75. The van der Waals surface area contributed by atoms with Crippen LogP contribution in [0, 0.1) is 0 Å². The Labute approximate surface area is 115 Å². The molecule has 3 heteroatoms. The molecule has 1 aromatic heterocycles. The third-order valence-electron chi connectivity index (χ3n) is 4.63. The Morgan fingerprint density at radius 1 is 1.26 bits per heavy atom. The van der Waals surface area contributed by atoms with Crippen LogP contribution in [-0.2, 0) is 6.42 Å². The zero-order valence-electron chi connectivity index (χ0n) is 11.9. The summed E-state index contributed by atoms with van der Waals surface area (Å²) in [5, 5.41) is 0. The van der Waals surface area contributed by atoms with Gasteiger partial charge in [0.15, 0.2) is 5.78 Å². The summed E-state index contributed by atoms with van der Waals surface area (Å²) < 4.78 is 2.41. The van der Waals surface area contributed by atoms with Crippen molar-refractivity contribution in [2.24, 2.45) is 0 Å². The lowest BCUT2D eigenvalue weighted by atomic mass is 9.96. The molecule has 19 heavy (non-hydrogen) atoms. The number of aromatic nitrogens is 1. The normalized spacial score (nSPS) is 21.6. The maximum absolute atomic E-state index is 11.9. The summed E-state index contributed by atoms with van der Waals surface area (Å²) >= 11 is 0. The Morgan fingerprint density at radius 3 is 2.79 bits per heavy atom. The topological polar surface area (TPSA) is 25.2 Å². The molecule has 0 saturated carbocycles. The maximum atomic E-state index is 11.9. The van der Waals surface area contributed by atoms with E-state index < -0.39 is 0 Å². The van der Waals surface area contributed by atoms with E-state index in [2.05, 4.69) is 28.7 Å². The fourth-order valence-electron chi connectivity index (χ4n) is 3.63. The van der Waals surface area contributed by atoms with E-state index in [0.717, 1.165) is 24.8 Å². The van der Waals surface area contributed by atoms with Crippen LogP contribution in [0.15, 0.2) is 12.3 Å². The van der Waals surface area contributed by atoms with Gasteiger partial charge in [0.1, 0.15) is 0 Å². The van der Waals surface area contributed by atoms with Crippen molar-refractivity contribution in [2.75, 3.05) is 19.6 Å². The summed E-state index contributed by atoms with van der Waals surface area (Å²) in [6.45, 7) is 5.90. The second-order valence-electron chi connectivity index (χ2n) is 5.93. The highest BCUT2D eigenvalue weighted by Crippen LogP contribution is 2.30. The average Bonchev–Trinajstić information content (AvgIpc) is 2.85. The zero-order chi connectivity index (χ0) is 13.2. The van der Waals surface area contributed by atoms with Crippen molar-refractivity contribution in [3.63, 3.8) is 0 Å². The molecule has 2 aliphatic rings. The monoisotopic (exact) mass is 260 g/mol. The lowest BCUT2D eigenvalue weighted by Gasteiger charge is -2.33. The number of hydrogen-bond donors (Lipinski definition) is 0. The van der Waals surface area contributed by atoms with Gasteiger partial charge in [-0.05, 0) is 44.7 Å². The minimum Gasteiger partial charge on any atom is -0.348 e. The van der Waals surface area contributed by atoms with Crippen molar-refractivity contribution < 1.29 is 4.79 Å². The predicted octanol–water partition coefficient (Wildman–Crippen LogP) is 3.05. The van der Waals surface area contributed by atoms with Crippen LogP contribution in [0.1, 0.15) is 61.1 Å². The molecule has 0 atom stereocenters.